The lowest BCUT2D eigenvalue weighted by Gasteiger charge is -2.46. The minimum atomic E-state index is -0.0554. The Morgan fingerprint density at radius 1 is 0.960 bits per heavy atom. The molecule has 0 aromatic heterocycles. The van der Waals surface area contributed by atoms with Crippen LogP contribution < -0.4 is 5.32 Å². The predicted octanol–water partition coefficient (Wildman–Crippen LogP) is 4.21. The van der Waals surface area contributed by atoms with Crippen molar-refractivity contribution in [2.45, 2.75) is 32.1 Å². The topological polar surface area (TPSA) is 29.1 Å². The Bertz CT molecular complexity index is 740. The standard InChI is InChI=1S/C22H25NO.ClH/c1-15-5-3-7-17(11-15)22(18-8-4-6-16(2)12-18)10-9-21(24)19-13-23-14-20(19)22;/h3-8,11-12,19-20,23H,9-10,13-14H2,1-2H3;1H. The summed E-state index contributed by atoms with van der Waals surface area (Å²) in [6.07, 6.45) is 1.60. The highest BCUT2D eigenvalue weighted by atomic mass is 35.5. The summed E-state index contributed by atoms with van der Waals surface area (Å²) in [6, 6.07) is 17.8. The Kier molecular flexibility index (Phi) is 5.04. The first-order valence-electron chi connectivity index (χ1n) is 8.99. The maximum atomic E-state index is 12.5. The number of rotatable bonds is 2. The minimum Gasteiger partial charge on any atom is -0.316 e. The van der Waals surface area contributed by atoms with Crippen LogP contribution in [0, 0.1) is 25.7 Å². The van der Waals surface area contributed by atoms with Crippen LogP contribution in [-0.4, -0.2) is 18.9 Å². The minimum absolute atomic E-state index is 0. The monoisotopic (exact) mass is 355 g/mol. The zero-order chi connectivity index (χ0) is 16.7. The third-order valence-corrected chi connectivity index (χ3v) is 6.09. The van der Waals surface area contributed by atoms with Gasteiger partial charge in [0.05, 0.1) is 0 Å². The molecule has 1 saturated carbocycles. The molecule has 2 unspecified atom stereocenters. The molecule has 132 valence electrons. The third-order valence-electron chi connectivity index (χ3n) is 6.09. The van der Waals surface area contributed by atoms with Gasteiger partial charge in [0.25, 0.3) is 0 Å². The number of fused-ring (bicyclic) bond motifs is 1. The van der Waals surface area contributed by atoms with Crippen LogP contribution in [0.3, 0.4) is 0 Å². The van der Waals surface area contributed by atoms with Crippen LogP contribution >= 0.6 is 12.4 Å². The number of nitrogens with one attached hydrogen (secondary N) is 1. The highest BCUT2D eigenvalue weighted by Crippen LogP contribution is 2.51. The van der Waals surface area contributed by atoms with Gasteiger partial charge < -0.3 is 5.32 Å². The molecule has 2 aromatic rings. The zero-order valence-corrected chi connectivity index (χ0v) is 15.7. The largest absolute Gasteiger partial charge is 0.316 e. The summed E-state index contributed by atoms with van der Waals surface area (Å²) in [6.45, 7) is 6.08. The van der Waals surface area contributed by atoms with E-state index < -0.39 is 0 Å². The van der Waals surface area contributed by atoms with Crippen LogP contribution in [0.2, 0.25) is 0 Å². The van der Waals surface area contributed by atoms with E-state index in [1.165, 1.54) is 22.3 Å². The van der Waals surface area contributed by atoms with E-state index in [9.17, 15) is 4.79 Å². The molecular formula is C22H26ClNO. The Balaban J connectivity index is 0.00000182. The summed E-state index contributed by atoms with van der Waals surface area (Å²) in [7, 11) is 0. The lowest BCUT2D eigenvalue weighted by atomic mass is 9.56. The summed E-state index contributed by atoms with van der Waals surface area (Å²) < 4.78 is 0. The number of halogens is 1. The smallest absolute Gasteiger partial charge is 0.137 e. The van der Waals surface area contributed by atoms with Crippen molar-refractivity contribution in [1.82, 2.24) is 5.32 Å². The highest BCUT2D eigenvalue weighted by Gasteiger charge is 2.52. The molecule has 25 heavy (non-hydrogen) atoms. The van der Waals surface area contributed by atoms with Crippen molar-refractivity contribution < 1.29 is 4.79 Å². The number of aryl methyl sites for hydroxylation is 2. The molecule has 4 rings (SSSR count). The van der Waals surface area contributed by atoms with Crippen molar-refractivity contribution in [2.24, 2.45) is 11.8 Å². The molecule has 0 amide bonds. The average molecular weight is 356 g/mol. The Hall–Kier alpha value is -1.64. The first-order valence-corrected chi connectivity index (χ1v) is 8.99. The van der Waals surface area contributed by atoms with E-state index in [1.807, 2.05) is 0 Å². The van der Waals surface area contributed by atoms with Crippen molar-refractivity contribution in [3.8, 4) is 0 Å². The first kappa shape index (κ1) is 18.2. The fourth-order valence-corrected chi connectivity index (χ4v) is 4.95. The summed E-state index contributed by atoms with van der Waals surface area (Å²) in [5.74, 6) is 0.947. The maximum Gasteiger partial charge on any atom is 0.137 e. The number of carbonyl (C=O) groups excluding carboxylic acids is 1. The molecule has 1 N–H and O–H groups in total. The molecule has 3 heteroatoms. The molecule has 1 aliphatic heterocycles. The predicted molar refractivity (Wildman–Crippen MR) is 104 cm³/mol. The van der Waals surface area contributed by atoms with Gasteiger partial charge in [0.1, 0.15) is 5.78 Å². The average Bonchev–Trinajstić information content (AvgIpc) is 3.07. The summed E-state index contributed by atoms with van der Waals surface area (Å²) in [5, 5.41) is 3.50. The number of carbonyl (C=O) groups is 1. The Morgan fingerprint density at radius 2 is 1.56 bits per heavy atom. The molecule has 2 atom stereocenters. The van der Waals surface area contributed by atoms with Crippen LogP contribution in [0.15, 0.2) is 48.5 Å². The van der Waals surface area contributed by atoms with Gasteiger partial charge in [-0.25, -0.2) is 0 Å². The molecule has 0 bridgehead atoms. The third kappa shape index (κ3) is 2.92. The maximum absolute atomic E-state index is 12.5. The normalized spacial score (nSPS) is 24.5. The van der Waals surface area contributed by atoms with Crippen molar-refractivity contribution in [2.75, 3.05) is 13.1 Å². The molecule has 1 heterocycles. The van der Waals surface area contributed by atoms with Gasteiger partial charge in [-0.1, -0.05) is 59.7 Å². The number of ketones is 1. The Morgan fingerprint density at radius 3 is 2.12 bits per heavy atom. The van der Waals surface area contributed by atoms with Crippen LogP contribution in [0.5, 0.6) is 0 Å². The fourth-order valence-electron chi connectivity index (χ4n) is 4.95. The van der Waals surface area contributed by atoms with Gasteiger partial charge in [-0.2, -0.15) is 0 Å². The van der Waals surface area contributed by atoms with E-state index >= 15 is 0 Å². The van der Waals surface area contributed by atoms with Gasteiger partial charge in [-0.05, 0) is 43.9 Å². The summed E-state index contributed by atoms with van der Waals surface area (Å²) in [5.41, 5.74) is 5.27. The molecule has 2 nitrogen and oxygen atoms in total. The van der Waals surface area contributed by atoms with Gasteiger partial charge in [-0.15, -0.1) is 12.4 Å². The second-order valence-corrected chi connectivity index (χ2v) is 7.55. The van der Waals surface area contributed by atoms with E-state index in [2.05, 4.69) is 67.7 Å². The zero-order valence-electron chi connectivity index (χ0n) is 14.9. The van der Waals surface area contributed by atoms with Crippen molar-refractivity contribution >= 4 is 18.2 Å². The molecule has 2 aromatic carbocycles. The van der Waals surface area contributed by atoms with E-state index in [0.717, 1.165) is 19.5 Å². The van der Waals surface area contributed by atoms with Crippen LogP contribution in [-0.2, 0) is 10.2 Å². The number of hydrogen-bond acceptors (Lipinski definition) is 2. The van der Waals surface area contributed by atoms with Crippen LogP contribution in [0.25, 0.3) is 0 Å². The van der Waals surface area contributed by atoms with Gasteiger partial charge in [0.15, 0.2) is 0 Å². The van der Waals surface area contributed by atoms with Gasteiger partial charge in [0.2, 0.25) is 0 Å². The van der Waals surface area contributed by atoms with Crippen LogP contribution in [0.4, 0.5) is 0 Å². The number of hydrogen-bond donors (Lipinski definition) is 1. The molecule has 1 aliphatic carbocycles. The quantitative estimate of drug-likeness (QED) is 0.874. The van der Waals surface area contributed by atoms with Crippen molar-refractivity contribution in [3.63, 3.8) is 0 Å². The fraction of sp³-hybridized carbons (Fsp3) is 0.409. The molecule has 1 saturated heterocycles. The molecule has 2 fully saturated rings. The Labute approximate surface area is 156 Å². The first-order chi connectivity index (χ1) is 11.6. The van der Waals surface area contributed by atoms with Gasteiger partial charge in [-0.3, -0.25) is 4.79 Å². The van der Waals surface area contributed by atoms with E-state index in [-0.39, 0.29) is 23.7 Å². The van der Waals surface area contributed by atoms with Crippen molar-refractivity contribution in [3.05, 3.63) is 70.8 Å². The van der Waals surface area contributed by atoms with Crippen molar-refractivity contribution in [1.29, 1.82) is 0 Å². The van der Waals surface area contributed by atoms with Gasteiger partial charge in [0, 0.05) is 24.3 Å². The number of Topliss-reactive ketones (excluding diaryl/α,β-unsaturated/α-hetero) is 1. The lowest BCUT2D eigenvalue weighted by molar-refractivity contribution is -0.126. The van der Waals surface area contributed by atoms with E-state index in [4.69, 9.17) is 0 Å². The molecule has 0 radical (unpaired) electrons. The summed E-state index contributed by atoms with van der Waals surface area (Å²) >= 11 is 0. The van der Waals surface area contributed by atoms with E-state index in [0.29, 0.717) is 18.1 Å². The van der Waals surface area contributed by atoms with Crippen LogP contribution in [0.1, 0.15) is 35.1 Å². The number of benzene rings is 2. The molecular weight excluding hydrogens is 330 g/mol. The van der Waals surface area contributed by atoms with E-state index in [1.54, 1.807) is 0 Å². The SMILES string of the molecule is Cc1cccc(C2(c3cccc(C)c3)CCC(=O)C3CNCC32)c1.Cl. The van der Waals surface area contributed by atoms with Gasteiger partial charge >= 0.3 is 0 Å². The summed E-state index contributed by atoms with van der Waals surface area (Å²) in [4.78, 5) is 12.5. The molecule has 2 aliphatic rings. The second kappa shape index (κ2) is 6.93. The highest BCUT2D eigenvalue weighted by molar-refractivity contribution is 5.85. The molecule has 0 spiro atoms. The second-order valence-electron chi connectivity index (χ2n) is 7.55. The lowest BCUT2D eigenvalue weighted by Crippen LogP contribution is -2.47.